The first-order valence-corrected chi connectivity index (χ1v) is 2.81. The van der Waals surface area contributed by atoms with Gasteiger partial charge in [-0.3, -0.25) is 0 Å². The molecule has 0 unspecified atom stereocenters. The van der Waals surface area contributed by atoms with Crippen LogP contribution in [0.2, 0.25) is 0 Å². The summed E-state index contributed by atoms with van der Waals surface area (Å²) in [7, 11) is 0. The molecule has 0 N–H and O–H groups in total. The van der Waals surface area contributed by atoms with Gasteiger partial charge in [0.25, 0.3) is 0 Å². The van der Waals surface area contributed by atoms with E-state index < -0.39 is 0 Å². The average molecular weight is 111 g/mol. The first-order chi connectivity index (χ1) is 3.91. The second-order valence-corrected chi connectivity index (χ2v) is 1.43. The lowest BCUT2D eigenvalue weighted by Crippen LogP contribution is -1.63. The van der Waals surface area contributed by atoms with Crippen molar-refractivity contribution in [3.63, 3.8) is 0 Å². The fourth-order valence-electron chi connectivity index (χ4n) is 0.349. The van der Waals surface area contributed by atoms with E-state index >= 15 is 0 Å². The van der Waals surface area contributed by atoms with Gasteiger partial charge in [0.1, 0.15) is 6.61 Å². The van der Waals surface area contributed by atoms with Gasteiger partial charge in [-0.05, 0) is 6.42 Å². The Morgan fingerprint density at radius 2 is 1.88 bits per heavy atom. The van der Waals surface area contributed by atoms with Crippen LogP contribution in [0, 0.1) is 0 Å². The van der Waals surface area contributed by atoms with Gasteiger partial charge in [-0.25, -0.2) is 5.11 Å². The largest absolute Gasteiger partial charge is 0.232 e. The maximum absolute atomic E-state index is 9.77. The molecule has 0 atom stereocenters. The van der Waals surface area contributed by atoms with E-state index in [2.05, 4.69) is 6.92 Å². The molecule has 0 aliphatic rings. The molecule has 0 aliphatic carbocycles. The van der Waals surface area contributed by atoms with Crippen molar-refractivity contribution in [3.05, 3.63) is 24.3 Å². The molecule has 0 aromatic rings. The molecule has 0 saturated heterocycles. The Morgan fingerprint density at radius 3 is 2.38 bits per heavy atom. The summed E-state index contributed by atoms with van der Waals surface area (Å²) < 4.78 is 0. The quantitative estimate of drug-likeness (QED) is 0.496. The Hall–Kier alpha value is -0.560. The second kappa shape index (κ2) is 6.44. The Kier molecular flexibility index (Phi) is 5.99. The fraction of sp³-hybridized carbons (Fsp3) is 0.429. The zero-order chi connectivity index (χ0) is 6.24. The maximum atomic E-state index is 9.77. The van der Waals surface area contributed by atoms with Crippen LogP contribution in [-0.2, 0) is 5.11 Å². The van der Waals surface area contributed by atoms with E-state index in [1.165, 1.54) is 0 Å². The van der Waals surface area contributed by atoms with Gasteiger partial charge in [-0.1, -0.05) is 31.2 Å². The lowest BCUT2D eigenvalue weighted by molar-refractivity contribution is 0.232. The zero-order valence-electron chi connectivity index (χ0n) is 5.13. The summed E-state index contributed by atoms with van der Waals surface area (Å²) in [6.45, 7) is 1.94. The molecule has 0 spiro atoms. The summed E-state index contributed by atoms with van der Waals surface area (Å²) in [5, 5.41) is 9.77. The standard InChI is InChI=1S/C7H11O/c1-2-3-4-5-6-7-8/h3-6H,2,7H2,1H3. The van der Waals surface area contributed by atoms with Crippen LogP contribution in [0.5, 0.6) is 0 Å². The molecular formula is C7H11O. The van der Waals surface area contributed by atoms with Crippen molar-refractivity contribution in [2.75, 3.05) is 6.61 Å². The summed E-state index contributed by atoms with van der Waals surface area (Å²) in [5.41, 5.74) is 0. The Morgan fingerprint density at radius 1 is 1.25 bits per heavy atom. The molecule has 1 radical (unpaired) electrons. The van der Waals surface area contributed by atoms with E-state index in [1.807, 2.05) is 12.2 Å². The molecule has 0 saturated carbocycles. The zero-order valence-corrected chi connectivity index (χ0v) is 5.13. The lowest BCUT2D eigenvalue weighted by atomic mass is 10.4. The van der Waals surface area contributed by atoms with Gasteiger partial charge < -0.3 is 0 Å². The summed E-state index contributed by atoms with van der Waals surface area (Å²) in [6.07, 6.45) is 8.29. The van der Waals surface area contributed by atoms with Crippen LogP contribution in [0.1, 0.15) is 13.3 Å². The predicted molar refractivity (Wildman–Crippen MR) is 34.1 cm³/mol. The van der Waals surface area contributed by atoms with Crippen molar-refractivity contribution in [1.29, 1.82) is 0 Å². The summed E-state index contributed by atoms with van der Waals surface area (Å²) in [6, 6.07) is 0. The topological polar surface area (TPSA) is 19.9 Å². The third kappa shape index (κ3) is 5.44. The maximum Gasteiger partial charge on any atom is 0.101 e. The summed E-state index contributed by atoms with van der Waals surface area (Å²) >= 11 is 0. The number of hydrogen-bond donors (Lipinski definition) is 0. The Bertz CT molecular complexity index is 70.4. The molecule has 8 heavy (non-hydrogen) atoms. The van der Waals surface area contributed by atoms with Crippen molar-refractivity contribution in [1.82, 2.24) is 0 Å². The van der Waals surface area contributed by atoms with Gasteiger partial charge in [0.15, 0.2) is 0 Å². The molecule has 0 bridgehead atoms. The van der Waals surface area contributed by atoms with Crippen molar-refractivity contribution < 1.29 is 5.11 Å². The van der Waals surface area contributed by atoms with Gasteiger partial charge in [0.05, 0.1) is 0 Å². The van der Waals surface area contributed by atoms with Crippen molar-refractivity contribution in [3.8, 4) is 0 Å². The number of hydrogen-bond acceptors (Lipinski definition) is 0. The molecule has 0 amide bonds. The van der Waals surface area contributed by atoms with Gasteiger partial charge in [0.2, 0.25) is 0 Å². The predicted octanol–water partition coefficient (Wildman–Crippen LogP) is 1.94. The van der Waals surface area contributed by atoms with Crippen LogP contribution in [0.3, 0.4) is 0 Å². The van der Waals surface area contributed by atoms with E-state index in [1.54, 1.807) is 12.2 Å². The molecule has 0 rings (SSSR count). The minimum absolute atomic E-state index is 0.117. The molecule has 0 aromatic carbocycles. The van der Waals surface area contributed by atoms with Gasteiger partial charge >= 0.3 is 0 Å². The normalized spacial score (nSPS) is 11.8. The summed E-state index contributed by atoms with van der Waals surface area (Å²) in [5.74, 6) is 0. The molecule has 1 nitrogen and oxygen atoms in total. The minimum atomic E-state index is -0.117. The average Bonchev–Trinajstić information content (AvgIpc) is 1.81. The molecular weight excluding hydrogens is 100 g/mol. The van der Waals surface area contributed by atoms with E-state index in [0.29, 0.717) is 0 Å². The van der Waals surface area contributed by atoms with Crippen LogP contribution in [0.4, 0.5) is 0 Å². The highest BCUT2D eigenvalue weighted by Crippen LogP contribution is 1.80. The Balaban J connectivity index is 3.13. The van der Waals surface area contributed by atoms with Crippen molar-refractivity contribution >= 4 is 0 Å². The molecule has 1 heteroatoms. The summed E-state index contributed by atoms with van der Waals surface area (Å²) in [4.78, 5) is 0. The monoisotopic (exact) mass is 111 g/mol. The van der Waals surface area contributed by atoms with Gasteiger partial charge in [0, 0.05) is 0 Å². The van der Waals surface area contributed by atoms with Gasteiger partial charge in [-0.2, -0.15) is 0 Å². The number of allylic oxidation sites excluding steroid dienone is 3. The van der Waals surface area contributed by atoms with Crippen LogP contribution in [-0.4, -0.2) is 6.61 Å². The number of rotatable bonds is 3. The SMILES string of the molecule is CCC=CC=CC[O]. The van der Waals surface area contributed by atoms with Crippen molar-refractivity contribution in [2.45, 2.75) is 13.3 Å². The smallest absolute Gasteiger partial charge is 0.101 e. The first-order valence-electron chi connectivity index (χ1n) is 2.81. The molecule has 0 aliphatic heterocycles. The minimum Gasteiger partial charge on any atom is -0.232 e. The van der Waals surface area contributed by atoms with Crippen molar-refractivity contribution in [2.24, 2.45) is 0 Å². The van der Waals surface area contributed by atoms with E-state index in [-0.39, 0.29) is 6.61 Å². The molecule has 0 aromatic heterocycles. The van der Waals surface area contributed by atoms with E-state index in [0.717, 1.165) is 6.42 Å². The molecule has 45 valence electrons. The van der Waals surface area contributed by atoms with Crippen LogP contribution >= 0.6 is 0 Å². The highest BCUT2D eigenvalue weighted by molar-refractivity contribution is 5.01. The van der Waals surface area contributed by atoms with Crippen LogP contribution < -0.4 is 0 Å². The highest BCUT2D eigenvalue weighted by atomic mass is 16.2. The van der Waals surface area contributed by atoms with E-state index in [9.17, 15) is 5.11 Å². The second-order valence-electron chi connectivity index (χ2n) is 1.43. The molecule has 0 fully saturated rings. The van der Waals surface area contributed by atoms with Crippen LogP contribution in [0.25, 0.3) is 0 Å². The highest BCUT2D eigenvalue weighted by Gasteiger charge is 1.63. The van der Waals surface area contributed by atoms with E-state index in [4.69, 9.17) is 0 Å². The lowest BCUT2D eigenvalue weighted by Gasteiger charge is -1.72. The van der Waals surface area contributed by atoms with Crippen LogP contribution in [0.15, 0.2) is 24.3 Å². The van der Waals surface area contributed by atoms with Gasteiger partial charge in [-0.15, -0.1) is 0 Å². The molecule has 0 heterocycles. The third-order valence-electron chi connectivity index (χ3n) is 0.715. The fourth-order valence-corrected chi connectivity index (χ4v) is 0.349. The first kappa shape index (κ1) is 7.44. The third-order valence-corrected chi connectivity index (χ3v) is 0.715. The Labute approximate surface area is 50.3 Å².